The maximum Gasteiger partial charge on any atom is 4.00 e. The van der Waals surface area contributed by atoms with Gasteiger partial charge in [0.1, 0.15) is 0 Å². The maximum atomic E-state index is 8.65. The van der Waals surface area contributed by atoms with Crippen LogP contribution in [0.1, 0.15) is 0 Å². The molecule has 0 radical (unpaired) electrons. The van der Waals surface area contributed by atoms with E-state index in [2.05, 4.69) is 6.07 Å². The summed E-state index contributed by atoms with van der Waals surface area (Å²) >= 11 is 0. The van der Waals surface area contributed by atoms with Crippen molar-refractivity contribution in [2.75, 3.05) is 0 Å². The van der Waals surface area contributed by atoms with Crippen LogP contribution in [0.3, 0.4) is 0 Å². The molecule has 12 heavy (non-hydrogen) atoms. The van der Waals surface area contributed by atoms with Crippen molar-refractivity contribution in [3.8, 4) is 11.5 Å². The molecule has 0 spiro atoms. The Kier molecular flexibility index (Phi) is 21.2. The standard InChI is InChI=1S/C6H5O2.3CH3.Ce/c7-5-3-1-2-4-6(5)8;;;;/h1,3-4,7-8H;3*1H3;/q4*-1;+4. The van der Waals surface area contributed by atoms with Gasteiger partial charge >= 0.3 is 41.7 Å². The van der Waals surface area contributed by atoms with Gasteiger partial charge in [-0.15, -0.1) is 12.1 Å². The second-order valence-electron chi connectivity index (χ2n) is 1.41. The van der Waals surface area contributed by atoms with Gasteiger partial charge in [0.2, 0.25) is 0 Å². The normalized spacial score (nSPS) is 6.00. The zero-order valence-corrected chi connectivity index (χ0v) is 10.8. The molecule has 0 aliphatic heterocycles. The molecule has 0 fully saturated rings. The van der Waals surface area contributed by atoms with Crippen molar-refractivity contribution in [3.63, 3.8) is 0 Å². The summed E-state index contributed by atoms with van der Waals surface area (Å²) in [5.74, 6) is -0.240. The van der Waals surface area contributed by atoms with Crippen LogP contribution in [-0.2, 0) is 0 Å². The van der Waals surface area contributed by atoms with E-state index in [0.29, 0.717) is 0 Å². The molecule has 2 N–H and O–H groups in total. The molecule has 0 unspecified atom stereocenters. The Bertz CT molecular complexity index is 169. The number of hydrogen-bond acceptors (Lipinski definition) is 2. The molecule has 66 valence electrons. The van der Waals surface area contributed by atoms with Crippen molar-refractivity contribution in [2.45, 2.75) is 0 Å². The Hall–Kier alpha value is 0.197. The smallest absolute Gasteiger partial charge is 0.562 e. The Morgan fingerprint density at radius 3 is 1.75 bits per heavy atom. The third kappa shape index (κ3) is 6.88. The van der Waals surface area contributed by atoms with Crippen LogP contribution in [0.25, 0.3) is 0 Å². The first-order valence-electron chi connectivity index (χ1n) is 2.19. The van der Waals surface area contributed by atoms with Gasteiger partial charge in [-0.05, 0) is 0 Å². The predicted octanol–water partition coefficient (Wildman–Crippen LogP) is 2.25. The largest absolute Gasteiger partial charge is 4.00 e. The SMILES string of the molecule is Oc1c[c-]ccc1O.[CH3-].[CH3-].[CH3-].[Ce+4]. The van der Waals surface area contributed by atoms with Gasteiger partial charge in [0, 0.05) is 11.5 Å². The molecule has 0 aromatic heterocycles. The van der Waals surface area contributed by atoms with E-state index >= 15 is 0 Å². The van der Waals surface area contributed by atoms with Gasteiger partial charge in [-0.2, -0.15) is 12.1 Å². The molecule has 0 aliphatic rings. The van der Waals surface area contributed by atoms with Gasteiger partial charge in [0.05, 0.1) is 0 Å². The van der Waals surface area contributed by atoms with Crippen molar-refractivity contribution >= 4 is 0 Å². The van der Waals surface area contributed by atoms with Crippen LogP contribution < -0.4 is 0 Å². The molecule has 0 atom stereocenters. The number of phenols is 2. The Labute approximate surface area is 109 Å². The average molecular weight is 294 g/mol. The number of rotatable bonds is 0. The monoisotopic (exact) mass is 294 g/mol. The Balaban J connectivity index is -0.0000000800. The average Bonchev–Trinajstić information content (AvgIpc) is 1.77. The van der Waals surface area contributed by atoms with E-state index < -0.39 is 0 Å². The Morgan fingerprint density at radius 1 is 1.00 bits per heavy atom. The predicted molar refractivity (Wildman–Crippen MR) is 47.8 cm³/mol. The fraction of sp³-hybridized carbons (Fsp3) is 0. The molecule has 0 bridgehead atoms. The first kappa shape index (κ1) is 22.8. The zero-order valence-electron chi connectivity index (χ0n) is 7.63. The third-order valence-corrected chi connectivity index (χ3v) is 0.820. The van der Waals surface area contributed by atoms with Crippen molar-refractivity contribution in [1.82, 2.24) is 0 Å². The molecule has 3 heteroatoms. The molecule has 1 aromatic rings. The summed E-state index contributed by atoms with van der Waals surface area (Å²) in [6, 6.07) is 6.79. The summed E-state index contributed by atoms with van der Waals surface area (Å²) in [7, 11) is 0. The van der Waals surface area contributed by atoms with E-state index in [1.165, 1.54) is 18.2 Å². The minimum atomic E-state index is -0.132. The van der Waals surface area contributed by atoms with Crippen LogP contribution in [-0.4, -0.2) is 10.2 Å². The summed E-state index contributed by atoms with van der Waals surface area (Å²) in [6.45, 7) is 0. The molecule has 0 saturated carbocycles. The first-order valence-corrected chi connectivity index (χ1v) is 2.19. The van der Waals surface area contributed by atoms with Crippen molar-refractivity contribution in [3.05, 3.63) is 46.5 Å². The summed E-state index contributed by atoms with van der Waals surface area (Å²) in [5, 5.41) is 17.3. The summed E-state index contributed by atoms with van der Waals surface area (Å²) in [4.78, 5) is 0. The number of aromatic hydroxyl groups is 2. The second-order valence-corrected chi connectivity index (χ2v) is 1.41. The maximum absolute atomic E-state index is 8.65. The fourth-order valence-electron chi connectivity index (χ4n) is 0.413. The van der Waals surface area contributed by atoms with Gasteiger partial charge in [-0.3, -0.25) is 0 Å². The van der Waals surface area contributed by atoms with Gasteiger partial charge < -0.3 is 32.5 Å². The van der Waals surface area contributed by atoms with Crippen LogP contribution in [0.15, 0.2) is 18.2 Å². The van der Waals surface area contributed by atoms with Crippen molar-refractivity contribution in [1.29, 1.82) is 0 Å². The zero-order chi connectivity index (χ0) is 5.98. The van der Waals surface area contributed by atoms with Crippen LogP contribution in [0, 0.1) is 70.1 Å². The molecule has 2 nitrogen and oxygen atoms in total. The van der Waals surface area contributed by atoms with E-state index in [9.17, 15) is 0 Å². The molecule has 0 amide bonds. The number of phenolic OH excluding ortho intramolecular Hbond substituents is 2. The van der Waals surface area contributed by atoms with E-state index in [4.69, 9.17) is 10.2 Å². The first-order chi connectivity index (χ1) is 3.80. The molecule has 0 saturated heterocycles. The molecular weight excluding hydrogens is 280 g/mol. The third-order valence-electron chi connectivity index (χ3n) is 0.820. The minimum Gasteiger partial charge on any atom is -0.562 e. The second kappa shape index (κ2) is 11.2. The van der Waals surface area contributed by atoms with Gasteiger partial charge in [0.15, 0.2) is 0 Å². The van der Waals surface area contributed by atoms with Gasteiger partial charge in [-0.25, -0.2) is 0 Å². The van der Waals surface area contributed by atoms with E-state index in [1.54, 1.807) is 0 Å². The van der Waals surface area contributed by atoms with Gasteiger partial charge in [-0.1, -0.05) is 0 Å². The van der Waals surface area contributed by atoms with Crippen molar-refractivity contribution < 1.29 is 52.0 Å². The Morgan fingerprint density at radius 2 is 1.50 bits per heavy atom. The number of hydrogen-bond donors (Lipinski definition) is 2. The van der Waals surface area contributed by atoms with Crippen LogP contribution in [0.5, 0.6) is 11.5 Å². The molecule has 0 heterocycles. The minimum absolute atomic E-state index is 0. The van der Waals surface area contributed by atoms with E-state index in [-0.39, 0.29) is 75.5 Å². The molecular formula is C9H14CeO2. The fourth-order valence-corrected chi connectivity index (χ4v) is 0.413. The van der Waals surface area contributed by atoms with Crippen LogP contribution >= 0.6 is 0 Å². The molecule has 1 aromatic carbocycles. The van der Waals surface area contributed by atoms with Gasteiger partial charge in [0.25, 0.3) is 0 Å². The van der Waals surface area contributed by atoms with E-state index in [1.807, 2.05) is 0 Å². The van der Waals surface area contributed by atoms with Crippen LogP contribution in [0.2, 0.25) is 0 Å². The topological polar surface area (TPSA) is 40.5 Å². The molecule has 0 aliphatic carbocycles. The van der Waals surface area contributed by atoms with Crippen LogP contribution in [0.4, 0.5) is 0 Å². The molecule has 1 rings (SSSR count). The number of benzene rings is 1. The van der Waals surface area contributed by atoms with Crippen molar-refractivity contribution in [2.24, 2.45) is 0 Å². The summed E-state index contributed by atoms with van der Waals surface area (Å²) in [5.41, 5.74) is 0. The summed E-state index contributed by atoms with van der Waals surface area (Å²) < 4.78 is 0. The quantitative estimate of drug-likeness (QED) is 0.569. The summed E-state index contributed by atoms with van der Waals surface area (Å²) in [6.07, 6.45) is 0. The van der Waals surface area contributed by atoms with E-state index in [0.717, 1.165) is 0 Å².